The van der Waals surface area contributed by atoms with Gasteiger partial charge in [-0.25, -0.2) is 9.97 Å². The van der Waals surface area contributed by atoms with Gasteiger partial charge in [0.15, 0.2) is 0 Å². The van der Waals surface area contributed by atoms with E-state index in [1.807, 2.05) is 13.0 Å². The first-order valence-electron chi connectivity index (χ1n) is 7.96. The average molecular weight is 349 g/mol. The van der Waals surface area contributed by atoms with Gasteiger partial charge in [0.25, 0.3) is 11.3 Å². The second-order valence-corrected chi connectivity index (χ2v) is 5.89. The van der Waals surface area contributed by atoms with E-state index in [1.54, 1.807) is 31.5 Å². The number of pyridine rings is 2. The minimum Gasteiger partial charge on any atom is -0.309 e. The number of amides is 1. The first-order valence-corrected chi connectivity index (χ1v) is 7.96. The maximum absolute atomic E-state index is 12.7. The van der Waals surface area contributed by atoms with Crippen LogP contribution in [0.5, 0.6) is 0 Å². The van der Waals surface area contributed by atoms with Gasteiger partial charge in [-0.3, -0.25) is 9.59 Å². The van der Waals surface area contributed by atoms with Crippen molar-refractivity contribution in [1.82, 2.24) is 29.1 Å². The van der Waals surface area contributed by atoms with Crippen molar-refractivity contribution in [3.8, 4) is 0 Å². The van der Waals surface area contributed by atoms with Crippen LogP contribution in [-0.2, 0) is 11.3 Å². The number of carbonyl (C=O) groups is 1. The normalized spacial score (nSPS) is 11.2. The summed E-state index contributed by atoms with van der Waals surface area (Å²) in [6.45, 7) is 3.48. The Morgan fingerprint density at radius 3 is 2.88 bits per heavy atom. The first-order chi connectivity index (χ1) is 12.5. The van der Waals surface area contributed by atoms with Crippen molar-refractivity contribution in [2.75, 3.05) is 5.32 Å². The largest absolute Gasteiger partial charge is 0.309 e. The monoisotopic (exact) mass is 349 g/mol. The third-order valence-corrected chi connectivity index (χ3v) is 3.99. The third kappa shape index (κ3) is 2.69. The summed E-state index contributed by atoms with van der Waals surface area (Å²) >= 11 is 0. The van der Waals surface area contributed by atoms with Crippen molar-refractivity contribution >= 4 is 28.4 Å². The number of nitrogens with zero attached hydrogens (tertiary/aromatic N) is 6. The molecule has 1 amide bonds. The molecule has 26 heavy (non-hydrogen) atoms. The second kappa shape index (κ2) is 6.03. The molecule has 0 saturated carbocycles. The van der Waals surface area contributed by atoms with Crippen molar-refractivity contribution in [2.45, 2.75) is 20.4 Å². The fraction of sp³-hybridized carbons (Fsp3) is 0.176. The summed E-state index contributed by atoms with van der Waals surface area (Å²) in [5, 5.41) is 7.33. The fourth-order valence-corrected chi connectivity index (χ4v) is 2.73. The van der Waals surface area contributed by atoms with Gasteiger partial charge in [-0.2, -0.15) is 9.50 Å². The zero-order valence-corrected chi connectivity index (χ0v) is 14.2. The van der Waals surface area contributed by atoms with Gasteiger partial charge < -0.3 is 9.88 Å². The summed E-state index contributed by atoms with van der Waals surface area (Å²) in [4.78, 5) is 37.4. The highest BCUT2D eigenvalue weighted by Crippen LogP contribution is 2.11. The van der Waals surface area contributed by atoms with Crippen molar-refractivity contribution < 1.29 is 4.79 Å². The summed E-state index contributed by atoms with van der Waals surface area (Å²) in [5.74, 6) is 1.14. The molecule has 0 bridgehead atoms. The number of hydrogen-bond donors (Lipinski definition) is 1. The van der Waals surface area contributed by atoms with Crippen molar-refractivity contribution in [3.63, 3.8) is 0 Å². The van der Waals surface area contributed by atoms with Gasteiger partial charge in [-0.15, -0.1) is 5.10 Å². The van der Waals surface area contributed by atoms with Crippen LogP contribution in [0.25, 0.3) is 16.7 Å². The van der Waals surface area contributed by atoms with E-state index >= 15 is 0 Å². The minimum absolute atomic E-state index is 0.126. The topological polar surface area (TPSA) is 107 Å². The maximum Gasteiger partial charge on any atom is 0.262 e. The SMILES string of the molecule is Cc1nc2ncc3c(=O)n(CC(=O)Nc4ncccc4C)ccc3n2n1. The molecule has 0 aromatic carbocycles. The Kier molecular flexibility index (Phi) is 3.68. The number of fused-ring (bicyclic) bond motifs is 3. The molecule has 0 aliphatic rings. The molecule has 0 fully saturated rings. The summed E-state index contributed by atoms with van der Waals surface area (Å²) in [6, 6.07) is 5.36. The third-order valence-electron chi connectivity index (χ3n) is 3.99. The molecule has 4 heterocycles. The van der Waals surface area contributed by atoms with E-state index in [9.17, 15) is 9.59 Å². The summed E-state index contributed by atoms with van der Waals surface area (Å²) in [5.41, 5.74) is 1.12. The van der Waals surface area contributed by atoms with E-state index in [-0.39, 0.29) is 18.0 Å². The molecule has 9 nitrogen and oxygen atoms in total. The minimum atomic E-state index is -0.334. The standard InChI is InChI=1S/C17H15N7O2/c1-10-4-3-6-18-15(10)21-14(25)9-23-7-5-13-12(16(23)26)8-19-17-20-11(2)22-24(13)17/h3-8H,9H2,1-2H3,(H,18,21,25). The predicted molar refractivity (Wildman–Crippen MR) is 94.9 cm³/mol. The van der Waals surface area contributed by atoms with Crippen LogP contribution in [0.2, 0.25) is 0 Å². The lowest BCUT2D eigenvalue weighted by Gasteiger charge is -2.09. The van der Waals surface area contributed by atoms with Gasteiger partial charge >= 0.3 is 0 Å². The average Bonchev–Trinajstić information content (AvgIpc) is 3.00. The van der Waals surface area contributed by atoms with Gasteiger partial charge in [0.1, 0.15) is 18.2 Å². The van der Waals surface area contributed by atoms with E-state index < -0.39 is 0 Å². The van der Waals surface area contributed by atoms with E-state index in [1.165, 1.54) is 15.3 Å². The molecule has 4 aromatic rings. The molecule has 0 aliphatic heterocycles. The van der Waals surface area contributed by atoms with Crippen LogP contribution in [0, 0.1) is 13.8 Å². The smallest absolute Gasteiger partial charge is 0.262 e. The van der Waals surface area contributed by atoms with Crippen LogP contribution in [0.15, 0.2) is 41.6 Å². The Bertz CT molecular complexity index is 1210. The molecule has 1 N–H and O–H groups in total. The van der Waals surface area contributed by atoms with E-state index in [0.29, 0.717) is 28.3 Å². The maximum atomic E-state index is 12.7. The predicted octanol–water partition coefficient (Wildman–Crippen LogP) is 1.09. The fourth-order valence-electron chi connectivity index (χ4n) is 2.73. The van der Waals surface area contributed by atoms with Gasteiger partial charge in [-0.05, 0) is 31.5 Å². The molecule has 4 aromatic heterocycles. The van der Waals surface area contributed by atoms with Gasteiger partial charge in [0, 0.05) is 18.6 Å². The zero-order valence-electron chi connectivity index (χ0n) is 14.2. The van der Waals surface area contributed by atoms with Crippen LogP contribution in [0.1, 0.15) is 11.4 Å². The van der Waals surface area contributed by atoms with Crippen LogP contribution in [0.3, 0.4) is 0 Å². The molecule has 0 aliphatic carbocycles. The number of hydrogen-bond acceptors (Lipinski definition) is 6. The van der Waals surface area contributed by atoms with E-state index in [4.69, 9.17) is 0 Å². The van der Waals surface area contributed by atoms with Crippen molar-refractivity contribution in [3.05, 3.63) is 58.5 Å². The van der Waals surface area contributed by atoms with Crippen molar-refractivity contribution in [1.29, 1.82) is 0 Å². The van der Waals surface area contributed by atoms with Crippen LogP contribution >= 0.6 is 0 Å². The summed E-state index contributed by atoms with van der Waals surface area (Å²) in [7, 11) is 0. The quantitative estimate of drug-likeness (QED) is 0.593. The molecule has 0 atom stereocenters. The number of nitrogens with one attached hydrogen (secondary N) is 1. The molecule has 9 heteroatoms. The van der Waals surface area contributed by atoms with Crippen LogP contribution in [0.4, 0.5) is 5.82 Å². The zero-order chi connectivity index (χ0) is 18.3. The molecule has 0 spiro atoms. The molecule has 0 saturated heterocycles. The Morgan fingerprint density at radius 2 is 2.08 bits per heavy atom. The number of carbonyl (C=O) groups excluding carboxylic acids is 1. The molecule has 0 unspecified atom stereocenters. The van der Waals surface area contributed by atoms with E-state index in [2.05, 4.69) is 25.4 Å². The van der Waals surface area contributed by atoms with Crippen LogP contribution < -0.4 is 10.9 Å². The summed E-state index contributed by atoms with van der Waals surface area (Å²) in [6.07, 6.45) is 4.62. The van der Waals surface area contributed by atoms with Gasteiger partial charge in [0.05, 0.1) is 10.9 Å². The number of aromatic nitrogens is 6. The number of anilines is 1. The molecule has 130 valence electrons. The molecular formula is C17H15N7O2. The van der Waals surface area contributed by atoms with Gasteiger partial charge in [0.2, 0.25) is 5.91 Å². The van der Waals surface area contributed by atoms with E-state index in [0.717, 1.165) is 5.56 Å². The number of aryl methyl sites for hydroxylation is 2. The highest BCUT2D eigenvalue weighted by atomic mass is 16.2. The Hall–Kier alpha value is -3.62. The Morgan fingerprint density at radius 1 is 1.23 bits per heavy atom. The lowest BCUT2D eigenvalue weighted by molar-refractivity contribution is -0.116. The number of rotatable bonds is 3. The van der Waals surface area contributed by atoms with Crippen LogP contribution in [-0.4, -0.2) is 35.0 Å². The summed E-state index contributed by atoms with van der Waals surface area (Å²) < 4.78 is 2.85. The molecule has 4 rings (SSSR count). The highest BCUT2D eigenvalue weighted by molar-refractivity contribution is 5.90. The molecular weight excluding hydrogens is 334 g/mol. The Balaban J connectivity index is 1.68. The Labute approximate surface area is 147 Å². The lowest BCUT2D eigenvalue weighted by Crippen LogP contribution is -2.28. The molecule has 0 radical (unpaired) electrons. The lowest BCUT2D eigenvalue weighted by atomic mass is 10.3. The highest BCUT2D eigenvalue weighted by Gasteiger charge is 2.12. The first kappa shape index (κ1) is 15.9. The van der Waals surface area contributed by atoms with Crippen molar-refractivity contribution in [2.24, 2.45) is 0 Å². The van der Waals surface area contributed by atoms with Gasteiger partial charge in [-0.1, -0.05) is 6.07 Å². The second-order valence-electron chi connectivity index (χ2n) is 5.89.